The molecule has 0 radical (unpaired) electrons. The molecular formula is C24H24N2O2S. The fourth-order valence-electron chi connectivity index (χ4n) is 2.91. The second kappa shape index (κ2) is 9.43. The smallest absolute Gasteiger partial charge is 0.255 e. The van der Waals surface area contributed by atoms with Crippen LogP contribution in [0, 0.1) is 20.8 Å². The van der Waals surface area contributed by atoms with Gasteiger partial charge in [-0.15, -0.1) is 11.8 Å². The van der Waals surface area contributed by atoms with Crippen molar-refractivity contribution in [3.05, 3.63) is 89.0 Å². The number of anilines is 2. The van der Waals surface area contributed by atoms with Gasteiger partial charge in [0.25, 0.3) is 5.91 Å². The molecule has 0 saturated heterocycles. The van der Waals surface area contributed by atoms with Crippen LogP contribution in [0.1, 0.15) is 27.0 Å². The Morgan fingerprint density at radius 2 is 1.55 bits per heavy atom. The van der Waals surface area contributed by atoms with Crippen LogP contribution in [-0.4, -0.2) is 17.6 Å². The van der Waals surface area contributed by atoms with E-state index in [2.05, 4.69) is 10.6 Å². The van der Waals surface area contributed by atoms with E-state index in [9.17, 15) is 9.59 Å². The van der Waals surface area contributed by atoms with E-state index in [1.54, 1.807) is 6.07 Å². The highest BCUT2D eigenvalue weighted by Gasteiger charge is 2.10. The van der Waals surface area contributed by atoms with Gasteiger partial charge in [0.1, 0.15) is 0 Å². The quantitative estimate of drug-likeness (QED) is 0.526. The molecule has 0 bridgehead atoms. The first-order chi connectivity index (χ1) is 13.9. The van der Waals surface area contributed by atoms with Gasteiger partial charge in [0.2, 0.25) is 5.91 Å². The SMILES string of the molecule is Cc1ccccc1C(=O)Nc1cccc(SCC(=O)Nc2cccc(C)c2C)c1. The van der Waals surface area contributed by atoms with Gasteiger partial charge in [-0.1, -0.05) is 36.4 Å². The zero-order valence-corrected chi connectivity index (χ0v) is 17.6. The van der Waals surface area contributed by atoms with Gasteiger partial charge >= 0.3 is 0 Å². The summed E-state index contributed by atoms with van der Waals surface area (Å²) in [6.07, 6.45) is 0. The molecular weight excluding hydrogens is 380 g/mol. The lowest BCUT2D eigenvalue weighted by molar-refractivity contribution is -0.113. The Morgan fingerprint density at radius 1 is 0.828 bits per heavy atom. The van der Waals surface area contributed by atoms with Gasteiger partial charge < -0.3 is 10.6 Å². The molecule has 0 aliphatic carbocycles. The molecule has 3 rings (SSSR count). The van der Waals surface area contributed by atoms with E-state index >= 15 is 0 Å². The molecule has 5 heteroatoms. The molecule has 0 fully saturated rings. The van der Waals surface area contributed by atoms with Crippen LogP contribution in [-0.2, 0) is 4.79 Å². The van der Waals surface area contributed by atoms with Crippen molar-refractivity contribution in [3.63, 3.8) is 0 Å². The number of amides is 2. The first kappa shape index (κ1) is 20.7. The third-order valence-electron chi connectivity index (χ3n) is 4.73. The molecule has 0 aliphatic rings. The van der Waals surface area contributed by atoms with Crippen LogP contribution in [0.3, 0.4) is 0 Å². The first-order valence-electron chi connectivity index (χ1n) is 9.40. The number of carbonyl (C=O) groups excluding carboxylic acids is 2. The Labute approximate surface area is 175 Å². The summed E-state index contributed by atoms with van der Waals surface area (Å²) in [5, 5.41) is 5.89. The van der Waals surface area contributed by atoms with E-state index < -0.39 is 0 Å². The fraction of sp³-hybridized carbons (Fsp3) is 0.167. The average molecular weight is 405 g/mol. The maximum Gasteiger partial charge on any atom is 0.255 e. The van der Waals surface area contributed by atoms with Crippen LogP contribution in [0.5, 0.6) is 0 Å². The molecule has 2 N–H and O–H groups in total. The van der Waals surface area contributed by atoms with Gasteiger partial charge in [0.15, 0.2) is 0 Å². The molecule has 0 unspecified atom stereocenters. The van der Waals surface area contributed by atoms with Crippen molar-refractivity contribution in [1.29, 1.82) is 0 Å². The molecule has 0 spiro atoms. The third kappa shape index (κ3) is 5.48. The number of rotatable bonds is 6. The summed E-state index contributed by atoms with van der Waals surface area (Å²) < 4.78 is 0. The highest BCUT2D eigenvalue weighted by atomic mass is 32.2. The van der Waals surface area contributed by atoms with Crippen LogP contribution in [0.25, 0.3) is 0 Å². The predicted molar refractivity (Wildman–Crippen MR) is 121 cm³/mol. The van der Waals surface area contributed by atoms with Gasteiger partial charge in [0, 0.05) is 21.8 Å². The molecule has 2 amide bonds. The predicted octanol–water partition coefficient (Wildman–Crippen LogP) is 5.59. The van der Waals surface area contributed by atoms with Crippen LogP contribution < -0.4 is 10.6 Å². The molecule has 0 saturated carbocycles. The number of carbonyl (C=O) groups is 2. The van der Waals surface area contributed by atoms with Crippen LogP contribution in [0.15, 0.2) is 71.6 Å². The molecule has 0 atom stereocenters. The highest BCUT2D eigenvalue weighted by Crippen LogP contribution is 2.23. The lowest BCUT2D eigenvalue weighted by Gasteiger charge is -2.11. The Kier molecular flexibility index (Phi) is 6.73. The molecule has 29 heavy (non-hydrogen) atoms. The Morgan fingerprint density at radius 3 is 2.34 bits per heavy atom. The van der Waals surface area contributed by atoms with Gasteiger partial charge in [-0.3, -0.25) is 9.59 Å². The number of hydrogen-bond donors (Lipinski definition) is 2. The Hall–Kier alpha value is -3.05. The minimum atomic E-state index is -0.141. The Balaban J connectivity index is 1.60. The lowest BCUT2D eigenvalue weighted by atomic mass is 10.1. The van der Waals surface area contributed by atoms with E-state index in [0.29, 0.717) is 17.0 Å². The highest BCUT2D eigenvalue weighted by molar-refractivity contribution is 8.00. The van der Waals surface area contributed by atoms with Crippen molar-refractivity contribution in [2.75, 3.05) is 16.4 Å². The number of benzene rings is 3. The van der Waals surface area contributed by atoms with Crippen molar-refractivity contribution < 1.29 is 9.59 Å². The maximum atomic E-state index is 12.5. The third-order valence-corrected chi connectivity index (χ3v) is 5.72. The topological polar surface area (TPSA) is 58.2 Å². The average Bonchev–Trinajstić information content (AvgIpc) is 2.70. The number of hydrogen-bond acceptors (Lipinski definition) is 3. The van der Waals surface area contributed by atoms with E-state index in [1.807, 2.05) is 81.4 Å². The number of aryl methyl sites for hydroxylation is 2. The first-order valence-corrected chi connectivity index (χ1v) is 10.4. The summed E-state index contributed by atoms with van der Waals surface area (Å²) >= 11 is 1.43. The second-order valence-electron chi connectivity index (χ2n) is 6.88. The van der Waals surface area contributed by atoms with Gasteiger partial charge in [-0.05, 0) is 67.8 Å². The Bertz CT molecular complexity index is 1050. The van der Waals surface area contributed by atoms with Crippen LogP contribution in [0.4, 0.5) is 11.4 Å². The van der Waals surface area contributed by atoms with Crippen molar-refractivity contribution in [3.8, 4) is 0 Å². The summed E-state index contributed by atoms with van der Waals surface area (Å²) in [5.41, 5.74) is 5.35. The number of nitrogens with one attached hydrogen (secondary N) is 2. The second-order valence-corrected chi connectivity index (χ2v) is 7.93. The van der Waals surface area contributed by atoms with E-state index in [4.69, 9.17) is 0 Å². The van der Waals surface area contributed by atoms with E-state index in [1.165, 1.54) is 11.8 Å². The summed E-state index contributed by atoms with van der Waals surface area (Å²) in [6, 6.07) is 20.9. The monoisotopic (exact) mass is 404 g/mol. The molecule has 3 aromatic carbocycles. The van der Waals surface area contributed by atoms with Crippen LogP contribution >= 0.6 is 11.8 Å². The maximum absolute atomic E-state index is 12.5. The number of thioether (sulfide) groups is 1. The van der Waals surface area contributed by atoms with Crippen molar-refractivity contribution in [2.45, 2.75) is 25.7 Å². The molecule has 148 valence electrons. The van der Waals surface area contributed by atoms with E-state index in [0.717, 1.165) is 27.3 Å². The summed E-state index contributed by atoms with van der Waals surface area (Å²) in [6.45, 7) is 5.94. The van der Waals surface area contributed by atoms with Crippen molar-refractivity contribution in [2.24, 2.45) is 0 Å². The van der Waals surface area contributed by atoms with Crippen molar-refractivity contribution in [1.82, 2.24) is 0 Å². The molecule has 0 aromatic heterocycles. The van der Waals surface area contributed by atoms with Crippen molar-refractivity contribution >= 4 is 35.0 Å². The molecule has 0 aliphatic heterocycles. The van der Waals surface area contributed by atoms with E-state index in [-0.39, 0.29) is 11.8 Å². The molecule has 4 nitrogen and oxygen atoms in total. The van der Waals surface area contributed by atoms with Crippen LogP contribution in [0.2, 0.25) is 0 Å². The summed E-state index contributed by atoms with van der Waals surface area (Å²) in [7, 11) is 0. The normalized spacial score (nSPS) is 10.4. The zero-order valence-electron chi connectivity index (χ0n) is 16.8. The summed E-state index contributed by atoms with van der Waals surface area (Å²) in [5.74, 6) is 0.0960. The summed E-state index contributed by atoms with van der Waals surface area (Å²) in [4.78, 5) is 25.7. The molecule has 3 aromatic rings. The minimum Gasteiger partial charge on any atom is -0.325 e. The zero-order chi connectivity index (χ0) is 20.8. The van der Waals surface area contributed by atoms with Gasteiger partial charge in [0.05, 0.1) is 5.75 Å². The fourth-order valence-corrected chi connectivity index (χ4v) is 3.67. The largest absolute Gasteiger partial charge is 0.325 e. The standard InChI is InChI=1S/C24H24N2O2S/c1-16-9-6-13-22(18(16)3)26-23(27)15-29-20-11-7-10-19(14-20)25-24(28)21-12-5-4-8-17(21)2/h4-14H,15H2,1-3H3,(H,25,28)(H,26,27). The van der Waals surface area contributed by atoms with Gasteiger partial charge in [-0.2, -0.15) is 0 Å². The van der Waals surface area contributed by atoms with Gasteiger partial charge in [-0.25, -0.2) is 0 Å². The lowest BCUT2D eigenvalue weighted by Crippen LogP contribution is -2.15. The minimum absolute atomic E-state index is 0.0574. The molecule has 0 heterocycles.